The van der Waals surface area contributed by atoms with Crippen molar-refractivity contribution in [1.29, 1.82) is 0 Å². The molecule has 0 amide bonds. The molecule has 1 aliphatic carbocycles. The van der Waals surface area contributed by atoms with Crippen molar-refractivity contribution in [2.75, 3.05) is 30.8 Å². The molecule has 1 aliphatic rings. The molecule has 6 nitrogen and oxygen atoms in total. The molecule has 0 aliphatic heterocycles. The van der Waals surface area contributed by atoms with Gasteiger partial charge in [0.05, 0.1) is 6.10 Å². The van der Waals surface area contributed by atoms with Gasteiger partial charge in [-0.15, -0.1) is 0 Å². The summed E-state index contributed by atoms with van der Waals surface area (Å²) in [6, 6.07) is 1.91. The molecule has 2 unspecified atom stereocenters. The Morgan fingerprint density at radius 3 is 2.67 bits per heavy atom. The lowest BCUT2D eigenvalue weighted by Crippen LogP contribution is -2.22. The number of aliphatic hydroxyl groups excluding tert-OH is 1. The van der Waals surface area contributed by atoms with Gasteiger partial charge in [-0.05, 0) is 19.3 Å². The van der Waals surface area contributed by atoms with Crippen LogP contribution in [0.25, 0.3) is 0 Å². The molecule has 0 saturated heterocycles. The number of aliphatic hydroxyl groups is 1. The second-order valence-corrected chi connectivity index (χ2v) is 5.55. The van der Waals surface area contributed by atoms with Crippen molar-refractivity contribution >= 4 is 11.6 Å². The number of hydrogen-bond donors (Lipinski definition) is 3. The molecule has 118 valence electrons. The summed E-state index contributed by atoms with van der Waals surface area (Å²) in [5, 5.41) is 16.5. The highest BCUT2D eigenvalue weighted by atomic mass is 16.5. The second kappa shape index (κ2) is 8.14. The van der Waals surface area contributed by atoms with E-state index >= 15 is 0 Å². The van der Waals surface area contributed by atoms with E-state index in [0.29, 0.717) is 18.3 Å². The molecule has 3 N–H and O–H groups in total. The monoisotopic (exact) mass is 294 g/mol. The molecule has 6 heteroatoms. The summed E-state index contributed by atoms with van der Waals surface area (Å²) in [6.07, 6.45) is 3.95. The average Bonchev–Trinajstić information content (AvgIpc) is 2.88. The zero-order valence-electron chi connectivity index (χ0n) is 12.9. The Morgan fingerprint density at radius 1 is 1.29 bits per heavy atom. The Kier molecular flexibility index (Phi) is 6.20. The summed E-state index contributed by atoms with van der Waals surface area (Å²) >= 11 is 0. The zero-order valence-corrected chi connectivity index (χ0v) is 12.9. The molecule has 1 aromatic heterocycles. The Labute approximate surface area is 126 Å². The fourth-order valence-electron chi connectivity index (χ4n) is 2.62. The first-order valence-electron chi connectivity index (χ1n) is 7.75. The molecule has 1 saturated carbocycles. The lowest BCUT2D eigenvalue weighted by Gasteiger charge is -2.16. The van der Waals surface area contributed by atoms with Crippen LogP contribution in [0.15, 0.2) is 6.07 Å². The van der Waals surface area contributed by atoms with Crippen LogP contribution in [0.5, 0.6) is 0 Å². The van der Waals surface area contributed by atoms with Gasteiger partial charge in [-0.3, -0.25) is 0 Å². The summed E-state index contributed by atoms with van der Waals surface area (Å²) < 4.78 is 5.12. The van der Waals surface area contributed by atoms with Crippen molar-refractivity contribution in [3.05, 3.63) is 11.9 Å². The van der Waals surface area contributed by atoms with Gasteiger partial charge in [0, 0.05) is 32.2 Å². The molecule has 2 rings (SSSR count). The van der Waals surface area contributed by atoms with Crippen LogP contribution in [0, 0.1) is 5.92 Å². The summed E-state index contributed by atoms with van der Waals surface area (Å²) in [5.74, 6) is 2.58. The van der Waals surface area contributed by atoms with Crippen LogP contribution in [0.2, 0.25) is 0 Å². The maximum absolute atomic E-state index is 9.87. The maximum Gasteiger partial charge on any atom is 0.158 e. The quantitative estimate of drug-likeness (QED) is 0.681. The lowest BCUT2D eigenvalue weighted by molar-refractivity contribution is 0.138. The second-order valence-electron chi connectivity index (χ2n) is 5.55. The highest BCUT2D eigenvalue weighted by Crippen LogP contribution is 2.25. The summed E-state index contributed by atoms with van der Waals surface area (Å²) in [5.41, 5.74) is 0. The van der Waals surface area contributed by atoms with Crippen molar-refractivity contribution in [2.45, 2.75) is 45.3 Å². The van der Waals surface area contributed by atoms with Crippen LogP contribution in [0.1, 0.15) is 38.4 Å². The van der Waals surface area contributed by atoms with E-state index in [4.69, 9.17) is 4.74 Å². The van der Waals surface area contributed by atoms with E-state index in [1.165, 1.54) is 0 Å². The molecular formula is C15H26N4O2. The minimum absolute atomic E-state index is 0.185. The highest BCUT2D eigenvalue weighted by molar-refractivity contribution is 5.47. The van der Waals surface area contributed by atoms with Crippen LogP contribution < -0.4 is 10.6 Å². The van der Waals surface area contributed by atoms with Gasteiger partial charge in [0.15, 0.2) is 5.82 Å². The SMILES string of the molecule is CCCNc1cc(NCC2CCCC2O)nc(COC)n1. The van der Waals surface area contributed by atoms with E-state index in [2.05, 4.69) is 27.5 Å². The molecule has 1 aromatic rings. The van der Waals surface area contributed by atoms with E-state index in [9.17, 15) is 5.11 Å². The standard InChI is InChI=1S/C15H26N4O2/c1-3-7-16-13-8-14(19-15(18-13)10-21-2)17-9-11-5-4-6-12(11)20/h8,11-12,20H,3-7,9-10H2,1-2H3,(H2,16,17,18,19). The van der Waals surface area contributed by atoms with E-state index in [1.54, 1.807) is 7.11 Å². The van der Waals surface area contributed by atoms with Crippen LogP contribution in [0.3, 0.4) is 0 Å². The number of methoxy groups -OCH3 is 1. The number of ether oxygens (including phenoxy) is 1. The van der Waals surface area contributed by atoms with Gasteiger partial charge in [0.2, 0.25) is 0 Å². The Morgan fingerprint density at radius 2 is 2.05 bits per heavy atom. The fraction of sp³-hybridized carbons (Fsp3) is 0.733. The van der Waals surface area contributed by atoms with Gasteiger partial charge in [0.1, 0.15) is 18.2 Å². The normalized spacial score (nSPS) is 21.5. The molecular weight excluding hydrogens is 268 g/mol. The maximum atomic E-state index is 9.87. The highest BCUT2D eigenvalue weighted by Gasteiger charge is 2.24. The third kappa shape index (κ3) is 4.82. The average molecular weight is 294 g/mol. The van der Waals surface area contributed by atoms with Gasteiger partial charge in [-0.2, -0.15) is 0 Å². The first-order valence-corrected chi connectivity index (χ1v) is 7.75. The zero-order chi connectivity index (χ0) is 15.1. The molecule has 0 aromatic carbocycles. The van der Waals surface area contributed by atoms with Gasteiger partial charge in [-0.25, -0.2) is 9.97 Å². The van der Waals surface area contributed by atoms with Crippen molar-refractivity contribution in [1.82, 2.24) is 9.97 Å². The van der Waals surface area contributed by atoms with Crippen molar-refractivity contribution in [3.8, 4) is 0 Å². The summed E-state index contributed by atoms with van der Waals surface area (Å²) in [6.45, 7) is 4.13. The number of nitrogens with zero attached hydrogens (tertiary/aromatic N) is 2. The van der Waals surface area contributed by atoms with Crippen molar-refractivity contribution < 1.29 is 9.84 Å². The van der Waals surface area contributed by atoms with Crippen LogP contribution in [0.4, 0.5) is 11.6 Å². The minimum atomic E-state index is -0.185. The first kappa shape index (κ1) is 16.0. The van der Waals surface area contributed by atoms with E-state index in [1.807, 2.05) is 6.07 Å². The van der Waals surface area contributed by atoms with Gasteiger partial charge >= 0.3 is 0 Å². The van der Waals surface area contributed by atoms with Crippen LogP contribution >= 0.6 is 0 Å². The molecule has 21 heavy (non-hydrogen) atoms. The van der Waals surface area contributed by atoms with E-state index < -0.39 is 0 Å². The van der Waals surface area contributed by atoms with Gasteiger partial charge in [-0.1, -0.05) is 13.3 Å². The van der Waals surface area contributed by atoms with E-state index in [0.717, 1.165) is 50.4 Å². The fourth-order valence-corrected chi connectivity index (χ4v) is 2.62. The van der Waals surface area contributed by atoms with Crippen LogP contribution in [-0.2, 0) is 11.3 Å². The van der Waals surface area contributed by atoms with Crippen molar-refractivity contribution in [3.63, 3.8) is 0 Å². The molecule has 0 spiro atoms. The summed E-state index contributed by atoms with van der Waals surface area (Å²) in [4.78, 5) is 8.87. The first-order chi connectivity index (χ1) is 10.2. The van der Waals surface area contributed by atoms with E-state index in [-0.39, 0.29) is 6.10 Å². The van der Waals surface area contributed by atoms with Crippen LogP contribution in [-0.4, -0.2) is 41.4 Å². The third-order valence-corrected chi connectivity index (χ3v) is 3.77. The van der Waals surface area contributed by atoms with Gasteiger partial charge < -0.3 is 20.5 Å². The molecule has 1 fully saturated rings. The summed E-state index contributed by atoms with van der Waals surface area (Å²) in [7, 11) is 1.64. The predicted molar refractivity (Wildman–Crippen MR) is 83.4 cm³/mol. The molecule has 0 bridgehead atoms. The van der Waals surface area contributed by atoms with Gasteiger partial charge in [0.25, 0.3) is 0 Å². The predicted octanol–water partition coefficient (Wildman–Crippen LogP) is 2.02. The smallest absolute Gasteiger partial charge is 0.158 e. The number of hydrogen-bond acceptors (Lipinski definition) is 6. The van der Waals surface area contributed by atoms with Crippen molar-refractivity contribution in [2.24, 2.45) is 5.92 Å². The Hall–Kier alpha value is -1.40. The Bertz CT molecular complexity index is 442. The minimum Gasteiger partial charge on any atom is -0.393 e. The number of aromatic nitrogens is 2. The third-order valence-electron chi connectivity index (χ3n) is 3.77. The number of anilines is 2. The molecule has 0 radical (unpaired) electrons. The lowest BCUT2D eigenvalue weighted by atomic mass is 10.1. The topological polar surface area (TPSA) is 79.3 Å². The molecule has 1 heterocycles. The Balaban J connectivity index is 2.00. The number of rotatable bonds is 8. The largest absolute Gasteiger partial charge is 0.393 e. The molecule has 2 atom stereocenters. The number of nitrogens with one attached hydrogen (secondary N) is 2.